The number of allylic oxidation sites excluding steroid dienone is 1. The highest BCUT2D eigenvalue weighted by molar-refractivity contribution is 6.02. The lowest BCUT2D eigenvalue weighted by molar-refractivity contribution is -0.117. The lowest BCUT2D eigenvalue weighted by Gasteiger charge is -2.17. The molecule has 3 aromatic carbocycles. The summed E-state index contributed by atoms with van der Waals surface area (Å²) in [6.45, 7) is 8.70. The zero-order valence-corrected chi connectivity index (χ0v) is 24.9. The molecule has 4 nitrogen and oxygen atoms in total. The molecule has 4 aromatic rings. The van der Waals surface area contributed by atoms with Gasteiger partial charge in [-0.05, 0) is 70.5 Å². The van der Waals surface area contributed by atoms with Crippen LogP contribution in [0.5, 0.6) is 5.75 Å². The van der Waals surface area contributed by atoms with Crippen LogP contribution in [-0.4, -0.2) is 23.6 Å². The first-order valence-corrected chi connectivity index (χ1v) is 14.6. The number of fused-ring (bicyclic) bond motifs is 1. The molecule has 1 aromatic heterocycles. The maximum Gasteiger partial charge on any atom is 0.141 e. The van der Waals surface area contributed by atoms with E-state index in [4.69, 9.17) is 9.73 Å². The topological polar surface area (TPSA) is 51.5 Å². The van der Waals surface area contributed by atoms with Crippen LogP contribution in [0.25, 0.3) is 10.9 Å². The van der Waals surface area contributed by atoms with Gasteiger partial charge < -0.3 is 4.74 Å². The summed E-state index contributed by atoms with van der Waals surface area (Å²) in [7, 11) is 1.73. The number of benzene rings is 3. The van der Waals surface area contributed by atoms with E-state index >= 15 is 0 Å². The first-order valence-electron chi connectivity index (χ1n) is 14.6. The number of pyridine rings is 1. The molecular weight excluding hydrogens is 504 g/mol. The van der Waals surface area contributed by atoms with E-state index in [1.54, 1.807) is 7.11 Å². The number of aromatic nitrogens is 1. The quantitative estimate of drug-likeness (QED) is 0.199. The Bertz CT molecular complexity index is 1620. The molecule has 2 heterocycles. The van der Waals surface area contributed by atoms with E-state index in [1.807, 2.05) is 24.4 Å². The molecule has 0 bridgehead atoms. The van der Waals surface area contributed by atoms with Crippen molar-refractivity contribution in [2.75, 3.05) is 7.11 Å². The third-order valence-corrected chi connectivity index (χ3v) is 7.77. The Balaban J connectivity index is 0.00000253. The molecule has 0 N–H and O–H groups in total. The van der Waals surface area contributed by atoms with E-state index in [0.29, 0.717) is 12.8 Å². The predicted molar refractivity (Wildman–Crippen MR) is 173 cm³/mol. The Morgan fingerprint density at radius 2 is 1.71 bits per heavy atom. The summed E-state index contributed by atoms with van der Waals surface area (Å²) in [6, 6.07) is 25.0. The number of hydrogen-bond acceptors (Lipinski definition) is 4. The fraction of sp³-hybridized carbons (Fsp3) is 0.324. The molecular formula is C37H44N2O2. The maximum absolute atomic E-state index is 13.4. The first kappa shape index (κ1) is 28.5. The van der Waals surface area contributed by atoms with Crippen LogP contribution < -0.4 is 4.74 Å². The Hall–Kier alpha value is -4.05. The summed E-state index contributed by atoms with van der Waals surface area (Å²) < 4.78 is 5.71. The zero-order chi connectivity index (χ0) is 29.0. The summed E-state index contributed by atoms with van der Waals surface area (Å²) in [4.78, 5) is 23.1. The maximum atomic E-state index is 13.4. The third kappa shape index (κ3) is 6.65. The lowest BCUT2D eigenvalue weighted by atomic mass is 9.88. The molecule has 0 fully saturated rings. The summed E-state index contributed by atoms with van der Waals surface area (Å²) >= 11 is 0. The van der Waals surface area contributed by atoms with Gasteiger partial charge >= 0.3 is 0 Å². The van der Waals surface area contributed by atoms with Gasteiger partial charge in [-0.2, -0.15) is 0 Å². The molecule has 0 spiro atoms. The number of methoxy groups -OCH3 is 1. The van der Waals surface area contributed by atoms with Crippen LogP contribution in [0.3, 0.4) is 0 Å². The highest BCUT2D eigenvalue weighted by Gasteiger charge is 2.29. The molecule has 1 aliphatic rings. The van der Waals surface area contributed by atoms with E-state index in [2.05, 4.69) is 93.4 Å². The molecule has 1 unspecified atom stereocenters. The van der Waals surface area contributed by atoms with Crippen LogP contribution in [0.2, 0.25) is 0 Å². The van der Waals surface area contributed by atoms with Gasteiger partial charge in [-0.25, -0.2) is 0 Å². The van der Waals surface area contributed by atoms with E-state index in [-0.39, 0.29) is 20.1 Å². The number of Topliss-reactive ketones (excluding diaryl/α,β-unsaturated/α-hetero) is 1. The smallest absolute Gasteiger partial charge is 0.141 e. The number of aliphatic imine (C=N–C) groups is 1. The van der Waals surface area contributed by atoms with Crippen molar-refractivity contribution in [3.05, 3.63) is 118 Å². The van der Waals surface area contributed by atoms with Crippen LogP contribution >= 0.6 is 0 Å². The molecule has 0 amide bonds. The Morgan fingerprint density at radius 3 is 2.44 bits per heavy atom. The Labute approximate surface area is 247 Å². The number of ether oxygens (including phenoxy) is 1. The largest absolute Gasteiger partial charge is 0.496 e. The third-order valence-electron chi connectivity index (χ3n) is 7.77. The average Bonchev–Trinajstić information content (AvgIpc) is 3.38. The van der Waals surface area contributed by atoms with Crippen molar-refractivity contribution < 1.29 is 12.4 Å². The molecule has 214 valence electrons. The number of carbonyl (C=O) groups excluding carboxylic acids is 1. The molecule has 4 heteroatoms. The number of aryl methyl sites for hydroxylation is 1. The van der Waals surface area contributed by atoms with E-state index < -0.39 is 0 Å². The average molecular weight is 549 g/mol. The van der Waals surface area contributed by atoms with Crippen LogP contribution in [0.1, 0.15) is 77.2 Å². The summed E-state index contributed by atoms with van der Waals surface area (Å²) in [5, 5.41) is 1.11. The second-order valence-corrected chi connectivity index (χ2v) is 12.1. The second kappa shape index (κ2) is 12.2. The van der Waals surface area contributed by atoms with Gasteiger partial charge in [0.15, 0.2) is 0 Å². The molecule has 0 saturated carbocycles. The van der Waals surface area contributed by atoms with Gasteiger partial charge in [0.05, 0.1) is 18.7 Å². The van der Waals surface area contributed by atoms with Gasteiger partial charge in [-0.1, -0.05) is 88.7 Å². The highest BCUT2D eigenvalue weighted by Crippen LogP contribution is 2.37. The van der Waals surface area contributed by atoms with Crippen molar-refractivity contribution >= 4 is 22.4 Å². The molecule has 0 saturated heterocycles. The van der Waals surface area contributed by atoms with Crippen LogP contribution in [-0.2, 0) is 24.1 Å². The van der Waals surface area contributed by atoms with Crippen LogP contribution in [0.15, 0.2) is 95.6 Å². The van der Waals surface area contributed by atoms with Crippen molar-refractivity contribution in [1.29, 1.82) is 0 Å². The molecule has 0 aliphatic carbocycles. The number of hydrogen-bond donors (Lipinski definition) is 0. The highest BCUT2D eigenvalue weighted by atomic mass is 16.5. The Morgan fingerprint density at radius 1 is 0.927 bits per heavy atom. The normalized spacial score (nSPS) is 15.1. The summed E-state index contributed by atoms with van der Waals surface area (Å²) in [5.41, 5.74) is 8.82. The minimum absolute atomic E-state index is 0. The SMILES string of the molecule is CCCc1cc2nccc(Cc3cccc(CC(=O)CC4=CC(C(C)(C)C)=NC4c4ccccc4)c3)c2cc1OC.[HH].[HH]. The van der Waals surface area contributed by atoms with Crippen molar-refractivity contribution in [1.82, 2.24) is 4.98 Å². The van der Waals surface area contributed by atoms with Crippen LogP contribution in [0.4, 0.5) is 0 Å². The number of ketones is 1. The van der Waals surface area contributed by atoms with E-state index in [9.17, 15) is 4.79 Å². The van der Waals surface area contributed by atoms with Gasteiger partial charge in [0.25, 0.3) is 0 Å². The van der Waals surface area contributed by atoms with Gasteiger partial charge in [-0.3, -0.25) is 14.8 Å². The molecule has 1 atom stereocenters. The zero-order valence-electron chi connectivity index (χ0n) is 24.9. The van der Waals surface area contributed by atoms with Gasteiger partial charge in [0.1, 0.15) is 11.5 Å². The Kier molecular flexibility index (Phi) is 8.49. The van der Waals surface area contributed by atoms with Gasteiger partial charge in [0.2, 0.25) is 0 Å². The second-order valence-electron chi connectivity index (χ2n) is 12.1. The van der Waals surface area contributed by atoms with Crippen molar-refractivity contribution in [3.63, 3.8) is 0 Å². The number of carbonyl (C=O) groups is 1. The predicted octanol–water partition coefficient (Wildman–Crippen LogP) is 8.95. The monoisotopic (exact) mass is 548 g/mol. The minimum atomic E-state index is -0.0875. The van der Waals surface area contributed by atoms with Crippen molar-refractivity contribution in [2.45, 2.75) is 65.8 Å². The van der Waals surface area contributed by atoms with E-state index in [0.717, 1.165) is 58.3 Å². The molecule has 1 aliphatic heterocycles. The van der Waals surface area contributed by atoms with Crippen molar-refractivity contribution in [3.8, 4) is 5.75 Å². The summed E-state index contributed by atoms with van der Waals surface area (Å²) in [6.07, 6.45) is 7.64. The standard InChI is InChI=1S/C37H40N2O2.2H2/c1-6-11-29-22-33-32(24-34(29)41-5)28(16-17-38-33)19-25-12-10-13-26(18-25)20-31(40)21-30-23-35(37(2,3)4)39-36(30)27-14-8-7-9-15-27;;/h7-10,12-18,22-24,36H,6,11,19-21H2,1-5H3;2*1H. The van der Waals surface area contributed by atoms with Crippen LogP contribution in [0, 0.1) is 5.41 Å². The minimum Gasteiger partial charge on any atom is -0.496 e. The molecule has 0 radical (unpaired) electrons. The molecule has 41 heavy (non-hydrogen) atoms. The summed E-state index contributed by atoms with van der Waals surface area (Å²) in [5.74, 6) is 1.13. The van der Waals surface area contributed by atoms with Crippen molar-refractivity contribution in [2.24, 2.45) is 10.4 Å². The van der Waals surface area contributed by atoms with Gasteiger partial charge in [0, 0.05) is 38.4 Å². The van der Waals surface area contributed by atoms with Gasteiger partial charge in [-0.15, -0.1) is 0 Å². The first-order chi connectivity index (χ1) is 19.7. The number of nitrogens with zero attached hydrogens (tertiary/aromatic N) is 2. The molecule has 5 rings (SSSR count). The van der Waals surface area contributed by atoms with E-state index in [1.165, 1.54) is 16.7 Å². The lowest BCUT2D eigenvalue weighted by Crippen LogP contribution is -2.16. The fourth-order valence-electron chi connectivity index (χ4n) is 5.66. The fourth-order valence-corrected chi connectivity index (χ4v) is 5.66. The number of rotatable bonds is 10.